The number of aryl methyl sites for hydroxylation is 2. The van der Waals surface area contributed by atoms with Gasteiger partial charge in [0.25, 0.3) is 11.5 Å². The van der Waals surface area contributed by atoms with Crippen LogP contribution in [0.2, 0.25) is 0 Å². The smallest absolute Gasteiger partial charge is 0.259 e. The number of nitrogens with one attached hydrogen (secondary N) is 1. The molecule has 1 amide bonds. The maximum Gasteiger partial charge on any atom is 0.259 e. The van der Waals surface area contributed by atoms with Gasteiger partial charge in [-0.2, -0.15) is 0 Å². The fraction of sp³-hybridized carbons (Fsp3) is 0.300. The van der Waals surface area contributed by atoms with E-state index in [0.29, 0.717) is 38.2 Å². The van der Waals surface area contributed by atoms with Crippen LogP contribution >= 0.6 is 27.3 Å². The second-order valence-electron chi connectivity index (χ2n) is 3.55. The molecular formula is C10H10BrN3O2S. The number of aromatic nitrogens is 2. The van der Waals surface area contributed by atoms with Crippen LogP contribution in [0.25, 0.3) is 10.2 Å². The largest absolute Gasteiger partial charge is 0.365 e. The quantitative estimate of drug-likeness (QED) is 0.837. The van der Waals surface area contributed by atoms with Crippen LogP contribution in [0.5, 0.6) is 0 Å². The highest BCUT2D eigenvalue weighted by Crippen LogP contribution is 2.26. The van der Waals surface area contributed by atoms with Crippen molar-refractivity contribution in [2.45, 2.75) is 13.3 Å². The number of rotatable bonds is 3. The molecule has 0 aliphatic heterocycles. The number of amides is 1. The first-order valence-electron chi connectivity index (χ1n) is 4.92. The van der Waals surface area contributed by atoms with Gasteiger partial charge in [-0.15, -0.1) is 11.3 Å². The van der Waals surface area contributed by atoms with Crippen molar-refractivity contribution in [2.75, 3.05) is 5.33 Å². The number of alkyl halides is 1. The highest BCUT2D eigenvalue weighted by molar-refractivity contribution is 9.09. The van der Waals surface area contributed by atoms with Gasteiger partial charge in [0.05, 0.1) is 10.3 Å². The zero-order valence-corrected chi connectivity index (χ0v) is 11.4. The minimum absolute atomic E-state index is 0.216. The number of thiophene rings is 1. The number of primary amides is 1. The monoisotopic (exact) mass is 315 g/mol. The van der Waals surface area contributed by atoms with E-state index in [0.717, 1.165) is 0 Å². The molecule has 5 nitrogen and oxygen atoms in total. The van der Waals surface area contributed by atoms with E-state index in [1.54, 1.807) is 6.92 Å². The molecule has 0 bridgehead atoms. The van der Waals surface area contributed by atoms with Crippen LogP contribution in [0.15, 0.2) is 4.79 Å². The fourth-order valence-electron chi connectivity index (χ4n) is 1.63. The van der Waals surface area contributed by atoms with E-state index in [2.05, 4.69) is 25.9 Å². The number of carbonyl (C=O) groups is 1. The van der Waals surface area contributed by atoms with Crippen LogP contribution in [-0.4, -0.2) is 21.2 Å². The van der Waals surface area contributed by atoms with Gasteiger partial charge in [-0.05, 0) is 12.5 Å². The summed E-state index contributed by atoms with van der Waals surface area (Å²) in [6.07, 6.45) is 0.633. The molecule has 3 N–H and O–H groups in total. The van der Waals surface area contributed by atoms with Crippen molar-refractivity contribution in [3.8, 4) is 0 Å². The summed E-state index contributed by atoms with van der Waals surface area (Å²) in [5.74, 6) is 0.0867. The molecule has 2 aromatic rings. The first-order valence-corrected chi connectivity index (χ1v) is 6.86. The molecule has 0 atom stereocenters. The average Bonchev–Trinajstić information content (AvgIpc) is 2.56. The SMILES string of the molecule is Cc1c(C(N)=O)sc2nc(CCBr)[nH]c(=O)c12. The van der Waals surface area contributed by atoms with E-state index in [1.165, 1.54) is 11.3 Å². The molecule has 0 aliphatic carbocycles. The zero-order chi connectivity index (χ0) is 12.6. The van der Waals surface area contributed by atoms with Crippen LogP contribution in [-0.2, 0) is 6.42 Å². The highest BCUT2D eigenvalue weighted by atomic mass is 79.9. The van der Waals surface area contributed by atoms with Crippen molar-refractivity contribution in [2.24, 2.45) is 5.73 Å². The van der Waals surface area contributed by atoms with Crippen molar-refractivity contribution < 1.29 is 4.79 Å². The Morgan fingerprint density at radius 1 is 1.59 bits per heavy atom. The first-order chi connectivity index (χ1) is 8.04. The molecule has 90 valence electrons. The minimum atomic E-state index is -0.521. The summed E-state index contributed by atoms with van der Waals surface area (Å²) in [7, 11) is 0. The molecule has 0 unspecified atom stereocenters. The topological polar surface area (TPSA) is 88.8 Å². The van der Waals surface area contributed by atoms with Crippen molar-refractivity contribution in [1.82, 2.24) is 9.97 Å². The molecule has 2 rings (SSSR count). The minimum Gasteiger partial charge on any atom is -0.365 e. The molecule has 0 spiro atoms. The lowest BCUT2D eigenvalue weighted by atomic mass is 10.2. The van der Waals surface area contributed by atoms with Crippen LogP contribution in [0.4, 0.5) is 0 Å². The number of carbonyl (C=O) groups excluding carboxylic acids is 1. The Hall–Kier alpha value is -1.21. The molecule has 2 heterocycles. The Kier molecular flexibility index (Phi) is 3.30. The van der Waals surface area contributed by atoms with Gasteiger partial charge in [0.15, 0.2) is 0 Å². The highest BCUT2D eigenvalue weighted by Gasteiger charge is 2.17. The van der Waals surface area contributed by atoms with Gasteiger partial charge in [0, 0.05) is 11.8 Å². The van der Waals surface area contributed by atoms with Crippen molar-refractivity contribution in [1.29, 1.82) is 0 Å². The fourth-order valence-corrected chi connectivity index (χ4v) is 3.06. The Labute approximate surface area is 109 Å². The molecule has 0 saturated heterocycles. The van der Waals surface area contributed by atoms with Gasteiger partial charge in [-0.1, -0.05) is 15.9 Å². The number of halogens is 1. The number of nitrogens with two attached hydrogens (primary N) is 1. The van der Waals surface area contributed by atoms with Crippen molar-refractivity contribution in [3.05, 3.63) is 26.6 Å². The predicted molar refractivity (Wildman–Crippen MR) is 71.0 cm³/mol. The van der Waals surface area contributed by atoms with E-state index < -0.39 is 5.91 Å². The summed E-state index contributed by atoms with van der Waals surface area (Å²) in [5.41, 5.74) is 5.64. The third-order valence-electron chi connectivity index (χ3n) is 2.40. The van der Waals surface area contributed by atoms with E-state index in [-0.39, 0.29) is 5.56 Å². The second-order valence-corrected chi connectivity index (χ2v) is 5.34. The van der Waals surface area contributed by atoms with Gasteiger partial charge in [-0.3, -0.25) is 9.59 Å². The summed E-state index contributed by atoms with van der Waals surface area (Å²) in [6.45, 7) is 1.71. The molecule has 0 saturated carbocycles. The summed E-state index contributed by atoms with van der Waals surface area (Å²) in [4.78, 5) is 31.1. The molecule has 0 aromatic carbocycles. The lowest BCUT2D eigenvalue weighted by Gasteiger charge is -1.97. The zero-order valence-electron chi connectivity index (χ0n) is 9.04. The average molecular weight is 316 g/mol. The number of aromatic amines is 1. The second kappa shape index (κ2) is 4.58. The van der Waals surface area contributed by atoms with Gasteiger partial charge < -0.3 is 10.7 Å². The lowest BCUT2D eigenvalue weighted by molar-refractivity contribution is 0.100. The Balaban J connectivity index is 2.74. The first kappa shape index (κ1) is 12.3. The van der Waals surface area contributed by atoms with E-state index in [1.807, 2.05) is 0 Å². The van der Waals surface area contributed by atoms with Gasteiger partial charge in [0.2, 0.25) is 0 Å². The van der Waals surface area contributed by atoms with Crippen LogP contribution in [0.3, 0.4) is 0 Å². The van der Waals surface area contributed by atoms with Crippen LogP contribution in [0, 0.1) is 6.92 Å². The Morgan fingerprint density at radius 2 is 2.29 bits per heavy atom. The molecule has 2 aromatic heterocycles. The molecule has 0 fully saturated rings. The molecule has 0 radical (unpaired) electrons. The van der Waals surface area contributed by atoms with Crippen LogP contribution < -0.4 is 11.3 Å². The maximum absolute atomic E-state index is 11.9. The number of nitrogens with zero attached hydrogens (tertiary/aromatic N) is 1. The van der Waals surface area contributed by atoms with Gasteiger partial charge in [-0.25, -0.2) is 4.98 Å². The molecule has 0 aliphatic rings. The van der Waals surface area contributed by atoms with E-state index in [9.17, 15) is 9.59 Å². The van der Waals surface area contributed by atoms with Crippen molar-refractivity contribution in [3.63, 3.8) is 0 Å². The van der Waals surface area contributed by atoms with Gasteiger partial charge >= 0.3 is 0 Å². The number of H-pyrrole nitrogens is 1. The number of hydrogen-bond donors (Lipinski definition) is 2. The summed E-state index contributed by atoms with van der Waals surface area (Å²) in [5, 5.41) is 1.18. The molecular weight excluding hydrogens is 306 g/mol. The summed E-state index contributed by atoms with van der Waals surface area (Å²) >= 11 is 4.45. The van der Waals surface area contributed by atoms with Gasteiger partial charge in [0.1, 0.15) is 10.7 Å². The lowest BCUT2D eigenvalue weighted by Crippen LogP contribution is -2.13. The summed E-state index contributed by atoms with van der Waals surface area (Å²) in [6, 6.07) is 0. The number of hydrogen-bond acceptors (Lipinski definition) is 4. The maximum atomic E-state index is 11.9. The standard InChI is InChI=1S/C10H10BrN3O2S/c1-4-6-9(16)13-5(2-3-11)14-10(6)17-7(4)8(12)15/h2-3H2,1H3,(H2,12,15)(H,13,14,16). The molecule has 17 heavy (non-hydrogen) atoms. The van der Waals surface area contributed by atoms with Crippen molar-refractivity contribution >= 4 is 43.4 Å². The normalized spacial score (nSPS) is 10.9. The van der Waals surface area contributed by atoms with E-state index in [4.69, 9.17) is 5.73 Å². The third kappa shape index (κ3) is 2.12. The van der Waals surface area contributed by atoms with Crippen LogP contribution in [0.1, 0.15) is 21.1 Å². The number of fused-ring (bicyclic) bond motifs is 1. The Morgan fingerprint density at radius 3 is 2.88 bits per heavy atom. The predicted octanol–water partition coefficient (Wildman–Crippen LogP) is 1.33. The summed E-state index contributed by atoms with van der Waals surface area (Å²) < 4.78 is 0. The van der Waals surface area contributed by atoms with E-state index >= 15 is 0 Å². The third-order valence-corrected chi connectivity index (χ3v) is 4.00. The molecule has 7 heteroatoms. The Bertz CT molecular complexity index is 647.